The van der Waals surface area contributed by atoms with E-state index in [0.29, 0.717) is 21.7 Å². The molecule has 160 valence electrons. The van der Waals surface area contributed by atoms with Gasteiger partial charge in [-0.1, -0.05) is 83.1 Å². The maximum Gasteiger partial charge on any atom is 0.0599 e. The first kappa shape index (κ1) is 28.9. The van der Waals surface area contributed by atoms with Gasteiger partial charge in [-0.05, 0) is 47.3 Å². The summed E-state index contributed by atoms with van der Waals surface area (Å²) in [7, 11) is -0.882. The minimum Gasteiger partial charge on any atom is -1.00 e. The smallest absolute Gasteiger partial charge is 0.0599 e. The van der Waals surface area contributed by atoms with Crippen molar-refractivity contribution in [2.75, 3.05) is 24.6 Å². The van der Waals surface area contributed by atoms with Gasteiger partial charge in [-0.15, -0.1) is 0 Å². The van der Waals surface area contributed by atoms with Crippen LogP contribution in [0, 0.1) is 21.7 Å². The van der Waals surface area contributed by atoms with Crippen LogP contribution in [-0.2, 0) is 0 Å². The van der Waals surface area contributed by atoms with Gasteiger partial charge in [0.1, 0.15) is 0 Å². The molecule has 0 N–H and O–H groups in total. The average Bonchev–Trinajstić information content (AvgIpc) is 2.33. The summed E-state index contributed by atoms with van der Waals surface area (Å²) < 4.78 is 0. The van der Waals surface area contributed by atoms with Crippen molar-refractivity contribution in [3.63, 3.8) is 0 Å². The van der Waals surface area contributed by atoms with Crippen LogP contribution >= 0.6 is 7.26 Å². The summed E-state index contributed by atoms with van der Waals surface area (Å²) in [5.74, 6) is 0. The van der Waals surface area contributed by atoms with Crippen molar-refractivity contribution in [2.45, 2.75) is 109 Å². The van der Waals surface area contributed by atoms with Gasteiger partial charge in [0, 0.05) is 7.26 Å². The third-order valence-corrected chi connectivity index (χ3v) is 10.0. The van der Waals surface area contributed by atoms with Crippen LogP contribution in [-0.4, -0.2) is 24.6 Å². The van der Waals surface area contributed by atoms with Crippen molar-refractivity contribution in [3.8, 4) is 0 Å². The number of rotatable bonds is 8. The van der Waals surface area contributed by atoms with Crippen molar-refractivity contribution in [3.05, 3.63) is 0 Å². The largest absolute Gasteiger partial charge is 1.00 e. The zero-order valence-electron chi connectivity index (χ0n) is 20.5. The van der Waals surface area contributed by atoms with Crippen molar-refractivity contribution < 1.29 is 12.4 Å². The molecule has 0 aromatic heterocycles. The van der Waals surface area contributed by atoms with E-state index in [4.69, 9.17) is 0 Å². The molecule has 0 radical (unpaired) electrons. The second-order valence-electron chi connectivity index (χ2n) is 13.5. The Bertz CT molecular complexity index is 293. The van der Waals surface area contributed by atoms with Crippen LogP contribution in [0.4, 0.5) is 0 Å². The van der Waals surface area contributed by atoms with E-state index in [1.807, 2.05) is 0 Å². The molecule has 0 nitrogen and oxygen atoms in total. The highest BCUT2D eigenvalue weighted by Crippen LogP contribution is 2.64. The lowest BCUT2D eigenvalue weighted by Gasteiger charge is -2.36. The predicted molar refractivity (Wildman–Crippen MR) is 123 cm³/mol. The molecule has 0 aromatic carbocycles. The summed E-state index contributed by atoms with van der Waals surface area (Å²) in [6, 6.07) is 0. The van der Waals surface area contributed by atoms with Gasteiger partial charge in [0.15, 0.2) is 0 Å². The van der Waals surface area contributed by atoms with Gasteiger partial charge in [0.05, 0.1) is 24.6 Å². The molecule has 0 aromatic rings. The van der Waals surface area contributed by atoms with Gasteiger partial charge >= 0.3 is 0 Å². The molecule has 0 unspecified atom stereocenters. The van der Waals surface area contributed by atoms with E-state index < -0.39 is 7.26 Å². The van der Waals surface area contributed by atoms with Crippen molar-refractivity contribution >= 4 is 7.26 Å². The molecule has 0 spiro atoms. The zero-order chi connectivity index (χ0) is 20.2. The summed E-state index contributed by atoms with van der Waals surface area (Å²) >= 11 is 0. The van der Waals surface area contributed by atoms with Crippen molar-refractivity contribution in [1.82, 2.24) is 0 Å². The summed E-state index contributed by atoms with van der Waals surface area (Å²) in [5, 5.41) is 0. The fraction of sp³-hybridized carbons (Fsp3) is 1.00. The minimum absolute atomic E-state index is 0. The van der Waals surface area contributed by atoms with Crippen LogP contribution in [0.15, 0.2) is 0 Å². The summed E-state index contributed by atoms with van der Waals surface area (Å²) in [6.07, 6.45) is 11.7. The third-order valence-electron chi connectivity index (χ3n) is 5.34. The molecule has 0 heterocycles. The fourth-order valence-corrected chi connectivity index (χ4v) is 8.88. The molecule has 26 heavy (non-hydrogen) atoms. The van der Waals surface area contributed by atoms with Crippen molar-refractivity contribution in [2.24, 2.45) is 21.7 Å². The van der Waals surface area contributed by atoms with E-state index in [0.717, 1.165) is 0 Å². The molecule has 0 fully saturated rings. The Kier molecular flexibility index (Phi) is 11.7. The predicted octanol–water partition coefficient (Wildman–Crippen LogP) is 5.75. The Balaban J connectivity index is 0. The normalized spacial score (nSPS) is 14.3. The van der Waals surface area contributed by atoms with E-state index in [1.54, 1.807) is 0 Å². The first-order valence-corrected chi connectivity index (χ1v) is 13.2. The Morgan fingerprint density at radius 3 is 0.654 bits per heavy atom. The van der Waals surface area contributed by atoms with Crippen LogP contribution in [0.3, 0.4) is 0 Å². The highest BCUT2D eigenvalue weighted by molar-refractivity contribution is 7.75. The van der Waals surface area contributed by atoms with Crippen molar-refractivity contribution in [1.29, 1.82) is 0 Å². The van der Waals surface area contributed by atoms with Crippen LogP contribution in [0.1, 0.15) is 109 Å². The molecule has 0 bridgehead atoms. The minimum atomic E-state index is -0.882. The van der Waals surface area contributed by atoms with Crippen LogP contribution in [0.2, 0.25) is 0 Å². The molecule has 0 saturated heterocycles. The molecule has 0 aliphatic carbocycles. The maximum absolute atomic E-state index is 2.43. The Labute approximate surface area is 174 Å². The van der Waals surface area contributed by atoms with E-state index in [2.05, 4.69) is 83.1 Å². The molecule has 0 atom stereocenters. The molecular formula is C24H52ClP. The van der Waals surface area contributed by atoms with Gasteiger partial charge in [-0.25, -0.2) is 0 Å². The Morgan fingerprint density at radius 2 is 0.538 bits per heavy atom. The standard InChI is InChI=1S/C24H52P.ClH/c1-21(2,3)13-17-25(18-14-22(4,5)6,19-15-23(7,8)9)20-16-24(10,11)12;/h13-20H2,1-12H3;1H/q+1;/p-1. The number of hydrogen-bond acceptors (Lipinski definition) is 0. The lowest BCUT2D eigenvalue weighted by Crippen LogP contribution is -3.00. The molecule has 0 amide bonds. The van der Waals surface area contributed by atoms with Crippen LogP contribution < -0.4 is 12.4 Å². The molecule has 0 aliphatic rings. The topological polar surface area (TPSA) is 0 Å². The average molecular weight is 407 g/mol. The molecule has 2 heteroatoms. The fourth-order valence-electron chi connectivity index (χ4n) is 2.96. The number of hydrogen-bond donors (Lipinski definition) is 0. The second kappa shape index (κ2) is 10.5. The van der Waals surface area contributed by atoms with Gasteiger partial charge < -0.3 is 12.4 Å². The Morgan fingerprint density at radius 1 is 0.385 bits per heavy atom. The van der Waals surface area contributed by atoms with Crippen LogP contribution in [0.5, 0.6) is 0 Å². The highest BCUT2D eigenvalue weighted by Gasteiger charge is 2.40. The molecule has 0 saturated carbocycles. The maximum atomic E-state index is 2.43. The van der Waals surface area contributed by atoms with Gasteiger partial charge in [0.2, 0.25) is 0 Å². The molecular weight excluding hydrogens is 355 g/mol. The molecule has 0 rings (SSSR count). The van der Waals surface area contributed by atoms with E-state index in [-0.39, 0.29) is 12.4 Å². The van der Waals surface area contributed by atoms with E-state index >= 15 is 0 Å². The second-order valence-corrected chi connectivity index (χ2v) is 18.0. The SMILES string of the molecule is CC(C)(C)CC[P+](CCC(C)(C)C)(CCC(C)(C)C)CCC(C)(C)C.[Cl-]. The van der Waals surface area contributed by atoms with Gasteiger partial charge in [-0.2, -0.15) is 0 Å². The van der Waals surface area contributed by atoms with Gasteiger partial charge in [-0.3, -0.25) is 0 Å². The highest BCUT2D eigenvalue weighted by atomic mass is 35.5. The summed E-state index contributed by atoms with van der Waals surface area (Å²) in [4.78, 5) is 0. The van der Waals surface area contributed by atoms with Crippen LogP contribution in [0.25, 0.3) is 0 Å². The van der Waals surface area contributed by atoms with E-state index in [1.165, 1.54) is 50.3 Å². The lowest BCUT2D eigenvalue weighted by atomic mass is 9.93. The summed E-state index contributed by atoms with van der Waals surface area (Å²) in [5.41, 5.74) is 1.87. The third kappa shape index (κ3) is 16.9. The lowest BCUT2D eigenvalue weighted by molar-refractivity contribution is -0.00000825. The molecule has 0 aliphatic heterocycles. The van der Waals surface area contributed by atoms with Gasteiger partial charge in [0.25, 0.3) is 0 Å². The summed E-state index contributed by atoms with van der Waals surface area (Å²) in [6.45, 7) is 29.2. The number of halogens is 1. The zero-order valence-corrected chi connectivity index (χ0v) is 22.1. The first-order chi connectivity index (χ1) is 10.8. The first-order valence-electron chi connectivity index (χ1n) is 10.7. The quantitative estimate of drug-likeness (QED) is 0.450. The Hall–Kier alpha value is 0.720. The monoisotopic (exact) mass is 406 g/mol. The van der Waals surface area contributed by atoms with E-state index in [9.17, 15) is 0 Å².